The Hall–Kier alpha value is -1.50. The number of amides is 1. The van der Waals surface area contributed by atoms with E-state index in [1.54, 1.807) is 23.1 Å². The molecule has 1 amide bonds. The van der Waals surface area contributed by atoms with E-state index in [1.807, 2.05) is 18.2 Å². The second-order valence-corrected chi connectivity index (χ2v) is 8.67. The molecule has 0 saturated heterocycles. The van der Waals surface area contributed by atoms with E-state index in [-0.39, 0.29) is 5.91 Å². The van der Waals surface area contributed by atoms with Gasteiger partial charge in [-0.3, -0.25) is 4.79 Å². The average Bonchev–Trinajstić information content (AvgIpc) is 3.01. The van der Waals surface area contributed by atoms with Crippen LogP contribution in [0.25, 0.3) is 10.2 Å². The number of rotatable bonds is 7. The summed E-state index contributed by atoms with van der Waals surface area (Å²) in [5, 5.41) is 2.96. The number of aryl methyl sites for hydroxylation is 1. The van der Waals surface area contributed by atoms with Gasteiger partial charge in [-0.25, -0.2) is 4.98 Å². The zero-order valence-corrected chi connectivity index (χ0v) is 15.8. The Morgan fingerprint density at radius 2 is 1.92 bits per heavy atom. The molecular formula is C18H18N2OS3. The predicted octanol–water partition coefficient (Wildman–Crippen LogP) is 4.61. The quantitative estimate of drug-likeness (QED) is 0.484. The average molecular weight is 375 g/mol. The summed E-state index contributed by atoms with van der Waals surface area (Å²) < 4.78 is 2.11. The molecule has 0 fully saturated rings. The van der Waals surface area contributed by atoms with Crippen molar-refractivity contribution < 1.29 is 4.79 Å². The number of nitrogens with zero attached hydrogens (tertiary/aromatic N) is 1. The Kier molecular flexibility index (Phi) is 6.18. The number of hydrogen-bond donors (Lipinski definition) is 1. The highest BCUT2D eigenvalue weighted by Crippen LogP contribution is 2.29. The molecule has 0 aliphatic carbocycles. The molecule has 0 bridgehead atoms. The Labute approximate surface area is 154 Å². The predicted molar refractivity (Wildman–Crippen MR) is 105 cm³/mol. The molecule has 0 spiro atoms. The number of carbonyl (C=O) groups is 1. The van der Waals surface area contributed by atoms with Crippen LogP contribution in [0.15, 0.2) is 57.8 Å². The van der Waals surface area contributed by atoms with Crippen molar-refractivity contribution in [3.63, 3.8) is 0 Å². The fraction of sp³-hybridized carbons (Fsp3) is 0.222. The molecule has 0 radical (unpaired) electrons. The Morgan fingerprint density at radius 3 is 2.71 bits per heavy atom. The molecular weight excluding hydrogens is 356 g/mol. The molecule has 0 atom stereocenters. The third-order valence-electron chi connectivity index (χ3n) is 3.31. The molecule has 6 heteroatoms. The Morgan fingerprint density at radius 1 is 1.12 bits per heavy atom. The van der Waals surface area contributed by atoms with E-state index in [2.05, 4.69) is 47.6 Å². The smallest absolute Gasteiger partial charge is 0.230 e. The van der Waals surface area contributed by atoms with Gasteiger partial charge in [0, 0.05) is 17.2 Å². The highest BCUT2D eigenvalue weighted by atomic mass is 32.2. The van der Waals surface area contributed by atoms with Crippen LogP contribution in [0.1, 0.15) is 5.56 Å². The molecule has 24 heavy (non-hydrogen) atoms. The monoisotopic (exact) mass is 374 g/mol. The first-order valence-corrected chi connectivity index (χ1v) is 10.4. The molecule has 1 heterocycles. The summed E-state index contributed by atoms with van der Waals surface area (Å²) in [6.07, 6.45) is 0. The van der Waals surface area contributed by atoms with Gasteiger partial charge >= 0.3 is 0 Å². The lowest BCUT2D eigenvalue weighted by Gasteiger charge is -2.04. The van der Waals surface area contributed by atoms with Crippen LogP contribution < -0.4 is 5.32 Å². The van der Waals surface area contributed by atoms with Gasteiger partial charge in [0.1, 0.15) is 0 Å². The molecule has 0 aliphatic heterocycles. The number of carbonyl (C=O) groups excluding carboxylic acids is 1. The first-order valence-electron chi connectivity index (χ1n) is 7.65. The number of nitrogens with one attached hydrogen (secondary N) is 1. The number of thiazole rings is 1. The van der Waals surface area contributed by atoms with E-state index >= 15 is 0 Å². The fourth-order valence-corrected chi connectivity index (χ4v) is 4.75. The second kappa shape index (κ2) is 8.55. The molecule has 3 nitrogen and oxygen atoms in total. The van der Waals surface area contributed by atoms with E-state index in [4.69, 9.17) is 0 Å². The standard InChI is InChI=1S/C18H18N2OS3/c1-13-6-8-14(9-7-13)22-11-10-19-17(21)12-23-18-20-15-4-2-3-5-16(15)24-18/h2-9H,10-12H2,1H3,(H,19,21). The van der Waals surface area contributed by atoms with Gasteiger partial charge < -0.3 is 5.32 Å². The maximum Gasteiger partial charge on any atom is 0.230 e. The van der Waals surface area contributed by atoms with Gasteiger partial charge in [0.2, 0.25) is 5.91 Å². The Balaban J connectivity index is 1.37. The van der Waals surface area contributed by atoms with Crippen LogP contribution in [0.2, 0.25) is 0 Å². The van der Waals surface area contributed by atoms with Crippen LogP contribution in [-0.4, -0.2) is 28.9 Å². The lowest BCUT2D eigenvalue weighted by Crippen LogP contribution is -2.27. The maximum absolute atomic E-state index is 11.9. The van der Waals surface area contributed by atoms with Crippen molar-refractivity contribution in [2.24, 2.45) is 0 Å². The highest BCUT2D eigenvalue weighted by molar-refractivity contribution is 8.01. The van der Waals surface area contributed by atoms with Gasteiger partial charge in [0.25, 0.3) is 0 Å². The van der Waals surface area contributed by atoms with Gasteiger partial charge in [-0.05, 0) is 31.2 Å². The van der Waals surface area contributed by atoms with Crippen molar-refractivity contribution in [3.8, 4) is 0 Å². The van der Waals surface area contributed by atoms with Crippen LogP contribution >= 0.6 is 34.9 Å². The SMILES string of the molecule is Cc1ccc(SCCNC(=O)CSc2nc3ccccc3s2)cc1. The third kappa shape index (κ3) is 5.00. The van der Waals surface area contributed by atoms with E-state index in [0.717, 1.165) is 20.3 Å². The molecule has 1 aromatic heterocycles. The van der Waals surface area contributed by atoms with Gasteiger partial charge in [0.05, 0.1) is 16.0 Å². The second-order valence-electron chi connectivity index (χ2n) is 5.25. The van der Waals surface area contributed by atoms with E-state index in [0.29, 0.717) is 12.3 Å². The molecule has 0 aliphatic rings. The lowest BCUT2D eigenvalue weighted by molar-refractivity contribution is -0.118. The number of para-hydroxylation sites is 1. The van der Waals surface area contributed by atoms with Crippen molar-refractivity contribution in [2.45, 2.75) is 16.2 Å². The van der Waals surface area contributed by atoms with Gasteiger partial charge in [-0.15, -0.1) is 23.1 Å². The first-order chi connectivity index (χ1) is 11.7. The van der Waals surface area contributed by atoms with Crippen LogP contribution in [0.3, 0.4) is 0 Å². The molecule has 0 unspecified atom stereocenters. The molecule has 2 aromatic carbocycles. The normalized spacial score (nSPS) is 10.9. The van der Waals surface area contributed by atoms with E-state index < -0.39 is 0 Å². The van der Waals surface area contributed by atoms with Gasteiger partial charge in [-0.1, -0.05) is 41.6 Å². The largest absolute Gasteiger partial charge is 0.355 e. The van der Waals surface area contributed by atoms with Crippen molar-refractivity contribution in [2.75, 3.05) is 18.1 Å². The highest BCUT2D eigenvalue weighted by Gasteiger charge is 2.07. The summed E-state index contributed by atoms with van der Waals surface area (Å²) in [6.45, 7) is 2.76. The van der Waals surface area contributed by atoms with Crippen LogP contribution in [-0.2, 0) is 4.79 Å². The van der Waals surface area contributed by atoms with Crippen LogP contribution in [0.5, 0.6) is 0 Å². The van der Waals surface area contributed by atoms with Crippen molar-refractivity contribution in [1.82, 2.24) is 10.3 Å². The summed E-state index contributed by atoms with van der Waals surface area (Å²) in [5.74, 6) is 1.35. The minimum atomic E-state index is 0.0590. The summed E-state index contributed by atoms with van der Waals surface area (Å²) >= 11 is 4.89. The minimum Gasteiger partial charge on any atom is -0.355 e. The molecule has 0 saturated carbocycles. The van der Waals surface area contributed by atoms with E-state index in [9.17, 15) is 4.79 Å². The van der Waals surface area contributed by atoms with Crippen LogP contribution in [0, 0.1) is 6.92 Å². The zero-order chi connectivity index (χ0) is 16.8. The van der Waals surface area contributed by atoms with E-state index in [1.165, 1.54) is 22.2 Å². The Bertz CT molecular complexity index is 782. The van der Waals surface area contributed by atoms with Gasteiger partial charge in [0.15, 0.2) is 4.34 Å². The first kappa shape index (κ1) is 17.3. The molecule has 124 valence electrons. The summed E-state index contributed by atoms with van der Waals surface area (Å²) in [5.41, 5.74) is 2.26. The number of fused-ring (bicyclic) bond motifs is 1. The summed E-state index contributed by atoms with van der Waals surface area (Å²) in [6, 6.07) is 16.5. The minimum absolute atomic E-state index is 0.0590. The number of aromatic nitrogens is 1. The fourth-order valence-electron chi connectivity index (χ4n) is 2.08. The molecule has 3 rings (SSSR count). The number of thioether (sulfide) groups is 2. The summed E-state index contributed by atoms with van der Waals surface area (Å²) in [4.78, 5) is 17.7. The van der Waals surface area contributed by atoms with Crippen molar-refractivity contribution in [3.05, 3.63) is 54.1 Å². The topological polar surface area (TPSA) is 42.0 Å². The number of benzene rings is 2. The molecule has 3 aromatic rings. The van der Waals surface area contributed by atoms with Gasteiger partial charge in [-0.2, -0.15) is 0 Å². The number of hydrogen-bond acceptors (Lipinski definition) is 5. The van der Waals surface area contributed by atoms with Crippen molar-refractivity contribution >= 4 is 51.0 Å². The maximum atomic E-state index is 11.9. The summed E-state index contributed by atoms with van der Waals surface area (Å²) in [7, 11) is 0. The third-order valence-corrected chi connectivity index (χ3v) is 6.51. The lowest BCUT2D eigenvalue weighted by atomic mass is 10.2. The zero-order valence-electron chi connectivity index (χ0n) is 13.3. The van der Waals surface area contributed by atoms with Crippen molar-refractivity contribution in [1.29, 1.82) is 0 Å². The van der Waals surface area contributed by atoms with Crippen LogP contribution in [0.4, 0.5) is 0 Å². The molecule has 1 N–H and O–H groups in total.